The van der Waals surface area contributed by atoms with Gasteiger partial charge in [0, 0.05) is 6.04 Å². The molecule has 1 unspecified atom stereocenters. The summed E-state index contributed by atoms with van der Waals surface area (Å²) in [6.45, 7) is 8.52. The largest absolute Gasteiger partial charge is 0.480 e. The SMILES string of the molecule is CC(C)CCN(C)CCCCC(C)(NC1CC1)C(=O)O. The molecule has 0 aliphatic heterocycles. The second kappa shape index (κ2) is 7.99. The van der Waals surface area contributed by atoms with Gasteiger partial charge in [-0.1, -0.05) is 13.8 Å². The molecule has 0 aromatic rings. The maximum Gasteiger partial charge on any atom is 0.323 e. The van der Waals surface area contributed by atoms with E-state index in [4.69, 9.17) is 0 Å². The lowest BCUT2D eigenvalue weighted by Gasteiger charge is -2.27. The molecular formula is C16H32N2O2. The normalized spacial score (nSPS) is 18.5. The second-order valence-corrected chi connectivity index (χ2v) is 7.00. The van der Waals surface area contributed by atoms with Gasteiger partial charge in [-0.2, -0.15) is 0 Å². The summed E-state index contributed by atoms with van der Waals surface area (Å²) in [4.78, 5) is 13.8. The van der Waals surface area contributed by atoms with E-state index in [2.05, 4.69) is 31.1 Å². The van der Waals surface area contributed by atoms with Gasteiger partial charge in [0.1, 0.15) is 5.54 Å². The Morgan fingerprint density at radius 1 is 1.35 bits per heavy atom. The van der Waals surface area contributed by atoms with Crippen LogP contribution in [0.1, 0.15) is 59.3 Å². The van der Waals surface area contributed by atoms with Crippen molar-refractivity contribution in [1.29, 1.82) is 0 Å². The highest BCUT2D eigenvalue weighted by molar-refractivity contribution is 5.78. The monoisotopic (exact) mass is 284 g/mol. The third-order valence-corrected chi connectivity index (χ3v) is 4.13. The van der Waals surface area contributed by atoms with Gasteiger partial charge >= 0.3 is 5.97 Å². The zero-order valence-corrected chi connectivity index (χ0v) is 13.6. The van der Waals surface area contributed by atoms with Crippen molar-refractivity contribution in [2.24, 2.45) is 5.92 Å². The number of unbranched alkanes of at least 4 members (excludes halogenated alkanes) is 1. The lowest BCUT2D eigenvalue weighted by molar-refractivity contribution is -0.144. The van der Waals surface area contributed by atoms with Gasteiger partial charge in [-0.15, -0.1) is 0 Å². The van der Waals surface area contributed by atoms with Crippen LogP contribution in [0.2, 0.25) is 0 Å². The van der Waals surface area contributed by atoms with Crippen LogP contribution in [0.3, 0.4) is 0 Å². The summed E-state index contributed by atoms with van der Waals surface area (Å²) < 4.78 is 0. The molecule has 2 N–H and O–H groups in total. The molecule has 4 heteroatoms. The second-order valence-electron chi connectivity index (χ2n) is 7.00. The third kappa shape index (κ3) is 6.71. The molecule has 0 aromatic carbocycles. The maximum atomic E-state index is 11.4. The molecule has 0 radical (unpaired) electrons. The first-order valence-electron chi connectivity index (χ1n) is 8.03. The lowest BCUT2D eigenvalue weighted by atomic mass is 9.94. The Labute approximate surface area is 123 Å². The van der Waals surface area contributed by atoms with Crippen LogP contribution in [0, 0.1) is 5.92 Å². The molecule has 118 valence electrons. The number of hydrogen-bond donors (Lipinski definition) is 2. The molecule has 0 saturated heterocycles. The zero-order chi connectivity index (χ0) is 15.2. The van der Waals surface area contributed by atoms with E-state index in [0.29, 0.717) is 6.04 Å². The molecule has 0 heterocycles. The predicted octanol–water partition coefficient (Wildman–Crippen LogP) is 2.73. The van der Waals surface area contributed by atoms with Crippen molar-refractivity contribution in [1.82, 2.24) is 10.2 Å². The van der Waals surface area contributed by atoms with Gasteiger partial charge in [-0.3, -0.25) is 10.1 Å². The van der Waals surface area contributed by atoms with Crippen molar-refractivity contribution in [3.05, 3.63) is 0 Å². The number of hydrogen-bond acceptors (Lipinski definition) is 3. The fraction of sp³-hybridized carbons (Fsp3) is 0.938. The van der Waals surface area contributed by atoms with Crippen LogP contribution >= 0.6 is 0 Å². The summed E-state index contributed by atoms with van der Waals surface area (Å²) in [7, 11) is 2.15. The topological polar surface area (TPSA) is 52.6 Å². The number of carbonyl (C=O) groups is 1. The molecule has 4 nitrogen and oxygen atoms in total. The van der Waals surface area contributed by atoms with E-state index in [9.17, 15) is 9.90 Å². The van der Waals surface area contributed by atoms with Gasteiger partial charge in [0.05, 0.1) is 0 Å². The van der Waals surface area contributed by atoms with Crippen LogP contribution in [0.25, 0.3) is 0 Å². The van der Waals surface area contributed by atoms with Crippen LogP contribution in [-0.4, -0.2) is 47.7 Å². The molecular weight excluding hydrogens is 252 g/mol. The zero-order valence-electron chi connectivity index (χ0n) is 13.6. The number of carboxylic acids is 1. The minimum atomic E-state index is -0.738. The standard InChI is InChI=1S/C16H32N2O2/c1-13(2)9-12-18(4)11-6-5-10-16(3,15(19)20)17-14-7-8-14/h13-14,17H,5-12H2,1-4H3,(H,19,20). The summed E-state index contributed by atoms with van der Waals surface area (Å²) in [5.74, 6) is 0.0352. The molecule has 1 rings (SSSR count). The van der Waals surface area contributed by atoms with Crippen LogP contribution in [-0.2, 0) is 4.79 Å². The number of rotatable bonds is 11. The maximum absolute atomic E-state index is 11.4. The average Bonchev–Trinajstić information content (AvgIpc) is 3.15. The van der Waals surface area contributed by atoms with Gasteiger partial charge in [0.15, 0.2) is 0 Å². The van der Waals surface area contributed by atoms with Gasteiger partial charge in [-0.05, 0) is 71.5 Å². The third-order valence-electron chi connectivity index (χ3n) is 4.13. The molecule has 1 atom stereocenters. The highest BCUT2D eigenvalue weighted by atomic mass is 16.4. The van der Waals surface area contributed by atoms with E-state index in [1.807, 2.05) is 6.92 Å². The average molecular weight is 284 g/mol. The van der Waals surface area contributed by atoms with E-state index in [-0.39, 0.29) is 0 Å². The van der Waals surface area contributed by atoms with E-state index in [1.165, 1.54) is 6.42 Å². The van der Waals surface area contributed by atoms with Crippen LogP contribution in [0.15, 0.2) is 0 Å². The van der Waals surface area contributed by atoms with E-state index in [0.717, 1.165) is 51.1 Å². The fourth-order valence-electron chi connectivity index (χ4n) is 2.37. The van der Waals surface area contributed by atoms with Gasteiger partial charge in [0.2, 0.25) is 0 Å². The van der Waals surface area contributed by atoms with E-state index >= 15 is 0 Å². The Morgan fingerprint density at radius 3 is 2.50 bits per heavy atom. The van der Waals surface area contributed by atoms with Crippen molar-refractivity contribution < 1.29 is 9.90 Å². The van der Waals surface area contributed by atoms with Gasteiger partial charge < -0.3 is 10.0 Å². The highest BCUT2D eigenvalue weighted by Crippen LogP contribution is 2.25. The fourth-order valence-corrected chi connectivity index (χ4v) is 2.37. The molecule has 1 aliphatic rings. The van der Waals surface area contributed by atoms with Crippen LogP contribution in [0.5, 0.6) is 0 Å². The first kappa shape index (κ1) is 17.4. The number of aliphatic carboxylic acids is 1. The molecule has 1 fully saturated rings. The molecule has 1 aliphatic carbocycles. The van der Waals surface area contributed by atoms with Crippen LogP contribution in [0.4, 0.5) is 0 Å². The van der Waals surface area contributed by atoms with Crippen molar-refractivity contribution in [3.63, 3.8) is 0 Å². The quantitative estimate of drug-likeness (QED) is 0.573. The first-order valence-corrected chi connectivity index (χ1v) is 8.03. The summed E-state index contributed by atoms with van der Waals surface area (Å²) in [5.41, 5.74) is -0.738. The van der Waals surface area contributed by atoms with E-state index < -0.39 is 11.5 Å². The van der Waals surface area contributed by atoms with Crippen molar-refractivity contribution >= 4 is 5.97 Å². The Bertz CT molecular complexity index is 303. The Kier molecular flexibility index (Phi) is 6.96. The van der Waals surface area contributed by atoms with Crippen LogP contribution < -0.4 is 5.32 Å². The summed E-state index contributed by atoms with van der Waals surface area (Å²) in [6.07, 6.45) is 6.24. The van der Waals surface area contributed by atoms with Crippen molar-refractivity contribution in [2.45, 2.75) is 70.9 Å². The Hall–Kier alpha value is -0.610. The number of nitrogens with zero attached hydrogens (tertiary/aromatic N) is 1. The summed E-state index contributed by atoms with van der Waals surface area (Å²) in [6, 6.07) is 0.435. The van der Waals surface area contributed by atoms with Crippen molar-refractivity contribution in [2.75, 3.05) is 20.1 Å². The highest BCUT2D eigenvalue weighted by Gasteiger charge is 2.37. The van der Waals surface area contributed by atoms with Gasteiger partial charge in [-0.25, -0.2) is 0 Å². The summed E-state index contributed by atoms with van der Waals surface area (Å²) in [5, 5.41) is 12.7. The molecule has 0 bridgehead atoms. The first-order chi connectivity index (χ1) is 9.33. The molecule has 0 amide bonds. The molecule has 0 aromatic heterocycles. The lowest BCUT2D eigenvalue weighted by Crippen LogP contribution is -2.50. The molecule has 1 saturated carbocycles. The molecule has 20 heavy (non-hydrogen) atoms. The Balaban J connectivity index is 2.18. The minimum absolute atomic E-state index is 0.435. The number of carboxylic acid groups (broad SMARTS) is 1. The predicted molar refractivity (Wildman–Crippen MR) is 83.0 cm³/mol. The number of nitrogens with one attached hydrogen (secondary N) is 1. The smallest absolute Gasteiger partial charge is 0.323 e. The molecule has 0 spiro atoms. The van der Waals surface area contributed by atoms with E-state index in [1.54, 1.807) is 0 Å². The Morgan fingerprint density at radius 2 is 2.00 bits per heavy atom. The minimum Gasteiger partial charge on any atom is -0.480 e. The van der Waals surface area contributed by atoms with Gasteiger partial charge in [0.25, 0.3) is 0 Å². The summed E-state index contributed by atoms with van der Waals surface area (Å²) >= 11 is 0. The van der Waals surface area contributed by atoms with Crippen molar-refractivity contribution in [3.8, 4) is 0 Å².